The van der Waals surface area contributed by atoms with Gasteiger partial charge in [0.25, 0.3) is 5.69 Å². The number of halogens is 1. The summed E-state index contributed by atoms with van der Waals surface area (Å²) in [5.41, 5.74) is 2.62. The molecule has 2 N–H and O–H groups in total. The minimum absolute atomic E-state index is 0.0246. The predicted octanol–water partition coefficient (Wildman–Crippen LogP) is 3.48. The molecule has 2 rings (SSSR count). The first-order valence-electron chi connectivity index (χ1n) is 8.45. The molecule has 9 heteroatoms. The molecule has 0 saturated heterocycles. The van der Waals surface area contributed by atoms with Gasteiger partial charge in [-0.2, -0.15) is 0 Å². The molecule has 0 spiro atoms. The Morgan fingerprint density at radius 3 is 2.18 bits per heavy atom. The second kappa shape index (κ2) is 9.43. The highest BCUT2D eigenvalue weighted by molar-refractivity contribution is 9.10. The molecule has 0 aromatic heterocycles. The number of likely N-dealkylation sites (N-methyl/N-ethyl adjacent to an activating group) is 1. The molecule has 8 nitrogen and oxygen atoms in total. The first kappa shape index (κ1) is 21.5. The molecule has 2 aromatic carbocycles. The summed E-state index contributed by atoms with van der Waals surface area (Å²) in [5.74, 6) is -0.606. The van der Waals surface area contributed by atoms with E-state index >= 15 is 0 Å². The molecule has 2 aromatic rings. The van der Waals surface area contributed by atoms with Gasteiger partial charge < -0.3 is 10.6 Å². The average Bonchev–Trinajstić information content (AvgIpc) is 2.58. The highest BCUT2D eigenvalue weighted by atomic mass is 79.9. The van der Waals surface area contributed by atoms with Crippen molar-refractivity contribution in [3.8, 4) is 0 Å². The zero-order valence-corrected chi connectivity index (χ0v) is 17.4. The number of rotatable bonds is 7. The Kier molecular flexibility index (Phi) is 7.24. The van der Waals surface area contributed by atoms with Gasteiger partial charge in [0.1, 0.15) is 0 Å². The van der Waals surface area contributed by atoms with E-state index in [9.17, 15) is 19.7 Å². The lowest BCUT2D eigenvalue weighted by atomic mass is 10.2. The minimum atomic E-state index is -0.518. The van der Waals surface area contributed by atoms with Crippen LogP contribution in [0.4, 0.5) is 17.1 Å². The largest absolute Gasteiger partial charge is 0.325 e. The zero-order valence-electron chi connectivity index (χ0n) is 15.8. The molecule has 0 aliphatic heterocycles. The molecule has 28 heavy (non-hydrogen) atoms. The number of nitro benzene ring substituents is 1. The van der Waals surface area contributed by atoms with Crippen molar-refractivity contribution in [2.24, 2.45) is 0 Å². The third-order valence-electron chi connectivity index (χ3n) is 4.00. The van der Waals surface area contributed by atoms with E-state index in [1.807, 2.05) is 19.1 Å². The molecule has 0 fully saturated rings. The van der Waals surface area contributed by atoms with Gasteiger partial charge in [0.05, 0.1) is 23.7 Å². The van der Waals surface area contributed by atoms with E-state index in [4.69, 9.17) is 0 Å². The normalized spacial score (nSPS) is 10.6. The highest BCUT2D eigenvalue weighted by Crippen LogP contribution is 2.22. The number of hydrogen-bond acceptors (Lipinski definition) is 5. The molecule has 148 valence electrons. The highest BCUT2D eigenvalue weighted by Gasteiger charge is 2.14. The monoisotopic (exact) mass is 448 g/mol. The number of hydrogen-bond donors (Lipinski definition) is 2. The molecule has 2 amide bonds. The number of carbonyl (C=O) groups excluding carboxylic acids is 2. The van der Waals surface area contributed by atoms with Gasteiger partial charge in [0, 0.05) is 22.3 Å². The van der Waals surface area contributed by atoms with Crippen LogP contribution in [0.5, 0.6) is 0 Å². The maximum Gasteiger partial charge on any atom is 0.271 e. The van der Waals surface area contributed by atoms with Crippen molar-refractivity contribution in [1.82, 2.24) is 4.90 Å². The molecule has 0 unspecified atom stereocenters. The Morgan fingerprint density at radius 2 is 1.61 bits per heavy atom. The molecular weight excluding hydrogens is 428 g/mol. The number of carbonyl (C=O) groups is 2. The van der Waals surface area contributed by atoms with Gasteiger partial charge in [0.15, 0.2) is 0 Å². The van der Waals surface area contributed by atoms with E-state index in [1.165, 1.54) is 12.1 Å². The third-order valence-corrected chi connectivity index (χ3v) is 4.49. The summed E-state index contributed by atoms with van der Waals surface area (Å²) in [5, 5.41) is 16.3. The predicted molar refractivity (Wildman–Crippen MR) is 111 cm³/mol. The molecule has 0 saturated carbocycles. The maximum atomic E-state index is 12.2. The van der Waals surface area contributed by atoms with Crippen LogP contribution < -0.4 is 10.6 Å². The van der Waals surface area contributed by atoms with Crippen LogP contribution in [0.25, 0.3) is 0 Å². The second-order valence-corrected chi connectivity index (χ2v) is 7.40. The summed E-state index contributed by atoms with van der Waals surface area (Å²) in [4.78, 5) is 36.4. The fourth-order valence-corrected chi connectivity index (χ4v) is 3.03. The summed E-state index contributed by atoms with van der Waals surface area (Å²) < 4.78 is 0.924. The minimum Gasteiger partial charge on any atom is -0.325 e. The smallest absolute Gasteiger partial charge is 0.271 e. The van der Waals surface area contributed by atoms with Gasteiger partial charge in [-0.25, -0.2) is 0 Å². The fraction of sp³-hybridized carbons (Fsp3) is 0.263. The number of nitro groups is 1. The van der Waals surface area contributed by atoms with Crippen LogP contribution in [0, 0.1) is 24.0 Å². The van der Waals surface area contributed by atoms with E-state index in [-0.39, 0.29) is 30.6 Å². The van der Waals surface area contributed by atoms with Crippen molar-refractivity contribution < 1.29 is 14.5 Å². The summed E-state index contributed by atoms with van der Waals surface area (Å²) in [6.45, 7) is 3.63. The van der Waals surface area contributed by atoms with Gasteiger partial charge >= 0.3 is 0 Å². The van der Waals surface area contributed by atoms with Crippen LogP contribution in [0.2, 0.25) is 0 Å². The van der Waals surface area contributed by atoms with Crippen LogP contribution >= 0.6 is 15.9 Å². The van der Waals surface area contributed by atoms with Crippen molar-refractivity contribution >= 4 is 44.8 Å². The molecule has 0 heterocycles. The standard InChI is InChI=1S/C19H21BrN4O4/c1-12-4-6-15(24(27)28)9-17(12)22-19(26)11-23(3)10-18(25)21-16-7-5-14(20)8-13(16)2/h4-9H,10-11H2,1-3H3,(H,21,25)(H,22,26). The third kappa shape index (κ3) is 6.14. The summed E-state index contributed by atoms with van der Waals surface area (Å²) >= 11 is 3.37. The Morgan fingerprint density at radius 1 is 1.00 bits per heavy atom. The Balaban J connectivity index is 1.91. The van der Waals surface area contributed by atoms with E-state index in [0.29, 0.717) is 16.9 Å². The summed E-state index contributed by atoms with van der Waals surface area (Å²) in [6.07, 6.45) is 0. The van der Waals surface area contributed by atoms with Crippen LogP contribution in [-0.2, 0) is 9.59 Å². The number of benzene rings is 2. The number of non-ortho nitro benzene ring substituents is 1. The number of anilines is 2. The van der Waals surface area contributed by atoms with E-state index in [2.05, 4.69) is 26.6 Å². The van der Waals surface area contributed by atoms with Crippen molar-refractivity contribution in [3.63, 3.8) is 0 Å². The van der Waals surface area contributed by atoms with E-state index in [0.717, 1.165) is 10.0 Å². The SMILES string of the molecule is Cc1cc(Br)ccc1NC(=O)CN(C)CC(=O)Nc1cc([N+](=O)[O-])ccc1C. The van der Waals surface area contributed by atoms with Crippen LogP contribution in [-0.4, -0.2) is 41.8 Å². The average molecular weight is 449 g/mol. The lowest BCUT2D eigenvalue weighted by Gasteiger charge is -2.17. The molecule has 0 aliphatic rings. The lowest BCUT2D eigenvalue weighted by Crippen LogP contribution is -2.36. The first-order valence-corrected chi connectivity index (χ1v) is 9.24. The second-order valence-electron chi connectivity index (χ2n) is 6.48. The maximum absolute atomic E-state index is 12.2. The topological polar surface area (TPSA) is 105 Å². The lowest BCUT2D eigenvalue weighted by molar-refractivity contribution is -0.384. The van der Waals surface area contributed by atoms with E-state index in [1.54, 1.807) is 31.0 Å². The van der Waals surface area contributed by atoms with Crippen molar-refractivity contribution in [2.45, 2.75) is 13.8 Å². The fourth-order valence-electron chi connectivity index (χ4n) is 2.55. The van der Waals surface area contributed by atoms with Crippen LogP contribution in [0.15, 0.2) is 40.9 Å². The molecular formula is C19H21BrN4O4. The van der Waals surface area contributed by atoms with Crippen molar-refractivity contribution in [3.05, 3.63) is 62.1 Å². The van der Waals surface area contributed by atoms with Crippen LogP contribution in [0.3, 0.4) is 0 Å². The molecule has 0 bridgehead atoms. The van der Waals surface area contributed by atoms with Crippen molar-refractivity contribution in [2.75, 3.05) is 30.8 Å². The summed E-state index contributed by atoms with van der Waals surface area (Å²) in [6, 6.07) is 9.80. The first-order chi connectivity index (χ1) is 13.2. The molecule has 0 aliphatic carbocycles. The van der Waals surface area contributed by atoms with E-state index < -0.39 is 4.92 Å². The number of nitrogens with zero attached hydrogens (tertiary/aromatic N) is 2. The number of nitrogens with one attached hydrogen (secondary N) is 2. The Labute approximate surface area is 171 Å². The number of amides is 2. The van der Waals surface area contributed by atoms with Gasteiger partial charge in [0.2, 0.25) is 11.8 Å². The van der Waals surface area contributed by atoms with Gasteiger partial charge in [-0.05, 0) is 50.2 Å². The zero-order chi connectivity index (χ0) is 20.8. The molecule has 0 radical (unpaired) electrons. The molecule has 0 atom stereocenters. The summed E-state index contributed by atoms with van der Waals surface area (Å²) in [7, 11) is 1.65. The van der Waals surface area contributed by atoms with Crippen molar-refractivity contribution in [1.29, 1.82) is 0 Å². The van der Waals surface area contributed by atoms with Gasteiger partial charge in [-0.3, -0.25) is 24.6 Å². The van der Waals surface area contributed by atoms with Gasteiger partial charge in [-0.1, -0.05) is 22.0 Å². The Bertz CT molecular complexity index is 917. The quantitative estimate of drug-likeness (QED) is 0.498. The van der Waals surface area contributed by atoms with Gasteiger partial charge in [-0.15, -0.1) is 0 Å². The number of aryl methyl sites for hydroxylation is 2. The van der Waals surface area contributed by atoms with Crippen LogP contribution in [0.1, 0.15) is 11.1 Å². The Hall–Kier alpha value is -2.78.